The van der Waals surface area contributed by atoms with Gasteiger partial charge in [-0.2, -0.15) is 0 Å². The molecule has 0 heterocycles. The Hall–Kier alpha value is -1.09. The Morgan fingerprint density at radius 3 is 2.73 bits per heavy atom. The standard InChI is InChI=1S/C11H12ClFO2/c1-6-3-4-8(13)11(12)10(6)7(2)5-9(14)15/h3-4,7H,5H2,1-2H3,(H,14,15). The minimum Gasteiger partial charge on any atom is -0.481 e. The minimum atomic E-state index is -0.915. The molecular formula is C11H12ClFO2. The van der Waals surface area contributed by atoms with Crippen molar-refractivity contribution in [2.45, 2.75) is 26.2 Å². The van der Waals surface area contributed by atoms with Crippen LogP contribution in [0, 0.1) is 12.7 Å². The van der Waals surface area contributed by atoms with E-state index in [0.29, 0.717) is 5.56 Å². The molecule has 0 aromatic heterocycles. The van der Waals surface area contributed by atoms with Crippen LogP contribution in [0.2, 0.25) is 5.02 Å². The van der Waals surface area contributed by atoms with Gasteiger partial charge in [0.05, 0.1) is 11.4 Å². The van der Waals surface area contributed by atoms with E-state index in [9.17, 15) is 9.18 Å². The Morgan fingerprint density at radius 2 is 2.20 bits per heavy atom. The van der Waals surface area contributed by atoms with Gasteiger partial charge in [-0.05, 0) is 30.0 Å². The Bertz CT molecular complexity index is 390. The number of carboxylic acids is 1. The van der Waals surface area contributed by atoms with E-state index in [1.165, 1.54) is 6.07 Å². The quantitative estimate of drug-likeness (QED) is 0.865. The van der Waals surface area contributed by atoms with Crippen molar-refractivity contribution in [2.24, 2.45) is 0 Å². The van der Waals surface area contributed by atoms with Crippen LogP contribution in [0.1, 0.15) is 30.4 Å². The van der Waals surface area contributed by atoms with Crippen molar-refractivity contribution in [3.8, 4) is 0 Å². The van der Waals surface area contributed by atoms with Crippen molar-refractivity contribution in [3.63, 3.8) is 0 Å². The number of aryl methyl sites for hydroxylation is 1. The number of halogens is 2. The molecule has 1 unspecified atom stereocenters. The lowest BCUT2D eigenvalue weighted by atomic mass is 9.93. The number of hydrogen-bond donors (Lipinski definition) is 1. The predicted molar refractivity (Wildman–Crippen MR) is 56.8 cm³/mol. The molecule has 15 heavy (non-hydrogen) atoms. The summed E-state index contributed by atoms with van der Waals surface area (Å²) < 4.78 is 13.2. The molecular weight excluding hydrogens is 219 g/mol. The zero-order valence-corrected chi connectivity index (χ0v) is 9.31. The maximum atomic E-state index is 13.2. The number of rotatable bonds is 3. The molecule has 0 fully saturated rings. The Morgan fingerprint density at radius 1 is 1.60 bits per heavy atom. The molecule has 1 aromatic rings. The van der Waals surface area contributed by atoms with Gasteiger partial charge in [0.2, 0.25) is 0 Å². The molecule has 82 valence electrons. The van der Waals surface area contributed by atoms with Crippen LogP contribution in [0.3, 0.4) is 0 Å². The van der Waals surface area contributed by atoms with Crippen molar-refractivity contribution in [3.05, 3.63) is 34.1 Å². The second-order valence-electron chi connectivity index (χ2n) is 3.59. The summed E-state index contributed by atoms with van der Waals surface area (Å²) in [6.45, 7) is 3.51. The summed E-state index contributed by atoms with van der Waals surface area (Å²) in [4.78, 5) is 10.6. The average molecular weight is 231 g/mol. The fourth-order valence-corrected chi connectivity index (χ4v) is 2.03. The highest BCUT2D eigenvalue weighted by molar-refractivity contribution is 6.31. The summed E-state index contributed by atoms with van der Waals surface area (Å²) >= 11 is 5.81. The highest BCUT2D eigenvalue weighted by Crippen LogP contribution is 2.31. The average Bonchev–Trinajstić information content (AvgIpc) is 2.11. The van der Waals surface area contributed by atoms with Gasteiger partial charge in [-0.25, -0.2) is 4.39 Å². The minimum absolute atomic E-state index is 0.0313. The van der Waals surface area contributed by atoms with E-state index in [4.69, 9.17) is 16.7 Å². The smallest absolute Gasteiger partial charge is 0.303 e. The number of benzene rings is 1. The van der Waals surface area contributed by atoms with Gasteiger partial charge in [0, 0.05) is 0 Å². The number of aliphatic carboxylic acids is 1. The molecule has 4 heteroatoms. The topological polar surface area (TPSA) is 37.3 Å². The summed E-state index contributed by atoms with van der Waals surface area (Å²) in [5, 5.41) is 8.69. The van der Waals surface area contributed by atoms with Crippen LogP contribution in [0.5, 0.6) is 0 Å². The van der Waals surface area contributed by atoms with Crippen LogP contribution in [0.4, 0.5) is 4.39 Å². The third-order valence-electron chi connectivity index (χ3n) is 2.32. The molecule has 0 saturated carbocycles. The molecule has 0 saturated heterocycles. The van der Waals surface area contributed by atoms with Crippen molar-refractivity contribution in [1.29, 1.82) is 0 Å². The highest BCUT2D eigenvalue weighted by Gasteiger charge is 2.17. The van der Waals surface area contributed by atoms with E-state index in [0.717, 1.165) is 5.56 Å². The molecule has 1 N–H and O–H groups in total. The van der Waals surface area contributed by atoms with Gasteiger partial charge in [0.1, 0.15) is 5.82 Å². The largest absolute Gasteiger partial charge is 0.481 e. The number of hydrogen-bond acceptors (Lipinski definition) is 1. The van der Waals surface area contributed by atoms with Crippen molar-refractivity contribution < 1.29 is 14.3 Å². The third-order valence-corrected chi connectivity index (χ3v) is 2.71. The van der Waals surface area contributed by atoms with E-state index in [1.54, 1.807) is 19.9 Å². The van der Waals surface area contributed by atoms with Gasteiger partial charge in [0.25, 0.3) is 0 Å². The molecule has 0 bridgehead atoms. The molecule has 0 amide bonds. The van der Waals surface area contributed by atoms with Crippen LogP contribution in [0.15, 0.2) is 12.1 Å². The molecule has 0 radical (unpaired) electrons. The van der Waals surface area contributed by atoms with Gasteiger partial charge in [-0.1, -0.05) is 24.6 Å². The Balaban J connectivity index is 3.12. The molecule has 0 aliphatic heterocycles. The summed E-state index contributed by atoms with van der Waals surface area (Å²) in [5.74, 6) is -1.71. The normalized spacial score (nSPS) is 12.5. The van der Waals surface area contributed by atoms with Crippen LogP contribution in [0.25, 0.3) is 0 Å². The highest BCUT2D eigenvalue weighted by atomic mass is 35.5. The van der Waals surface area contributed by atoms with Gasteiger partial charge in [0.15, 0.2) is 0 Å². The van der Waals surface area contributed by atoms with Crippen LogP contribution in [-0.2, 0) is 4.79 Å². The third kappa shape index (κ3) is 2.69. The first-order valence-electron chi connectivity index (χ1n) is 4.59. The SMILES string of the molecule is Cc1ccc(F)c(Cl)c1C(C)CC(=O)O. The van der Waals surface area contributed by atoms with Crippen LogP contribution < -0.4 is 0 Å². The Kier molecular flexibility index (Phi) is 3.69. The van der Waals surface area contributed by atoms with Gasteiger partial charge in [-0.3, -0.25) is 4.79 Å². The lowest BCUT2D eigenvalue weighted by Crippen LogP contribution is -2.05. The maximum Gasteiger partial charge on any atom is 0.303 e. The first-order valence-corrected chi connectivity index (χ1v) is 4.97. The van der Waals surface area contributed by atoms with E-state index >= 15 is 0 Å². The van der Waals surface area contributed by atoms with Gasteiger partial charge < -0.3 is 5.11 Å². The second-order valence-corrected chi connectivity index (χ2v) is 3.97. The lowest BCUT2D eigenvalue weighted by Gasteiger charge is -2.14. The van der Waals surface area contributed by atoms with Crippen molar-refractivity contribution in [2.75, 3.05) is 0 Å². The maximum absolute atomic E-state index is 13.2. The zero-order chi connectivity index (χ0) is 11.6. The predicted octanol–water partition coefficient (Wildman–Crippen LogP) is 3.37. The summed E-state index contributed by atoms with van der Waals surface area (Å²) in [5.41, 5.74) is 1.40. The second kappa shape index (κ2) is 4.62. The lowest BCUT2D eigenvalue weighted by molar-refractivity contribution is -0.137. The van der Waals surface area contributed by atoms with E-state index in [1.807, 2.05) is 0 Å². The molecule has 0 aliphatic rings. The fraction of sp³-hybridized carbons (Fsp3) is 0.364. The van der Waals surface area contributed by atoms with Gasteiger partial charge in [-0.15, -0.1) is 0 Å². The van der Waals surface area contributed by atoms with Crippen LogP contribution >= 0.6 is 11.6 Å². The van der Waals surface area contributed by atoms with Crippen molar-refractivity contribution >= 4 is 17.6 Å². The summed E-state index contributed by atoms with van der Waals surface area (Å²) in [7, 11) is 0. The van der Waals surface area contributed by atoms with Gasteiger partial charge >= 0.3 is 5.97 Å². The molecule has 2 nitrogen and oxygen atoms in total. The fourth-order valence-electron chi connectivity index (χ4n) is 1.63. The molecule has 1 atom stereocenters. The summed E-state index contributed by atoms with van der Waals surface area (Å²) in [6.07, 6.45) is -0.0516. The molecule has 1 rings (SSSR count). The number of carboxylic acid groups (broad SMARTS) is 1. The first kappa shape index (κ1) is 12.0. The molecule has 1 aromatic carbocycles. The Labute approximate surface area is 92.7 Å². The number of carbonyl (C=O) groups is 1. The zero-order valence-electron chi connectivity index (χ0n) is 8.55. The molecule has 0 aliphatic carbocycles. The van der Waals surface area contributed by atoms with E-state index in [-0.39, 0.29) is 17.4 Å². The van der Waals surface area contributed by atoms with Crippen LogP contribution in [-0.4, -0.2) is 11.1 Å². The van der Waals surface area contributed by atoms with E-state index < -0.39 is 11.8 Å². The molecule has 0 spiro atoms. The van der Waals surface area contributed by atoms with Crippen molar-refractivity contribution in [1.82, 2.24) is 0 Å². The van der Waals surface area contributed by atoms with E-state index in [2.05, 4.69) is 0 Å². The first-order chi connectivity index (χ1) is 6.93. The monoisotopic (exact) mass is 230 g/mol. The summed E-state index contributed by atoms with van der Waals surface area (Å²) in [6, 6.07) is 2.89.